The molecule has 1 saturated heterocycles. The van der Waals surface area contributed by atoms with Crippen LogP contribution < -0.4 is 5.32 Å². The highest BCUT2D eigenvalue weighted by Gasteiger charge is 2.40. The Balaban J connectivity index is 1.85. The molecule has 1 aromatic carbocycles. The zero-order valence-electron chi connectivity index (χ0n) is 10.9. The molecule has 2 rings (SSSR count). The standard InChI is InChI=1S/C14H17N3O2/c1-11(18)16-13-4-2-12(3-5-13)8-17-9-14(19,10-17)6-7-15/h2-5,19H,6,8-10H2,1H3,(H,16,18). The summed E-state index contributed by atoms with van der Waals surface area (Å²) in [5.41, 5.74) is 1.07. The van der Waals surface area contributed by atoms with Crippen LogP contribution in [-0.2, 0) is 11.3 Å². The molecular weight excluding hydrogens is 242 g/mol. The number of benzene rings is 1. The highest BCUT2D eigenvalue weighted by Crippen LogP contribution is 2.25. The average Bonchev–Trinajstić information content (AvgIpc) is 2.29. The van der Waals surface area contributed by atoms with Crippen molar-refractivity contribution in [2.75, 3.05) is 18.4 Å². The summed E-state index contributed by atoms with van der Waals surface area (Å²) in [6.45, 7) is 3.29. The van der Waals surface area contributed by atoms with Gasteiger partial charge in [0.1, 0.15) is 5.60 Å². The fourth-order valence-electron chi connectivity index (χ4n) is 2.31. The minimum Gasteiger partial charge on any atom is -0.386 e. The monoisotopic (exact) mass is 259 g/mol. The lowest BCUT2D eigenvalue weighted by molar-refractivity contribution is -0.114. The lowest BCUT2D eigenvalue weighted by Gasteiger charge is -2.45. The summed E-state index contributed by atoms with van der Waals surface area (Å²) in [7, 11) is 0. The molecule has 5 heteroatoms. The van der Waals surface area contributed by atoms with Crippen molar-refractivity contribution in [3.05, 3.63) is 29.8 Å². The minimum atomic E-state index is -0.828. The Kier molecular flexibility index (Phi) is 3.84. The van der Waals surface area contributed by atoms with E-state index in [1.807, 2.05) is 30.3 Å². The van der Waals surface area contributed by atoms with Gasteiger partial charge in [0.05, 0.1) is 12.5 Å². The summed E-state index contributed by atoms with van der Waals surface area (Å²) >= 11 is 0. The number of nitrogens with zero attached hydrogens (tertiary/aromatic N) is 2. The highest BCUT2D eigenvalue weighted by molar-refractivity contribution is 5.88. The van der Waals surface area contributed by atoms with Crippen molar-refractivity contribution in [2.45, 2.75) is 25.5 Å². The summed E-state index contributed by atoms with van der Waals surface area (Å²) in [5.74, 6) is -0.0861. The number of β-amino-alcohol motifs (C(OH)–C–C–N with tert-alkyl or cyclic N) is 1. The molecule has 1 aromatic rings. The van der Waals surface area contributed by atoms with E-state index in [9.17, 15) is 9.90 Å². The van der Waals surface area contributed by atoms with Crippen LogP contribution in [0, 0.1) is 11.3 Å². The lowest BCUT2D eigenvalue weighted by Crippen LogP contribution is -2.60. The Bertz CT molecular complexity index is 498. The van der Waals surface area contributed by atoms with Gasteiger partial charge in [0, 0.05) is 32.2 Å². The number of nitrogens with one attached hydrogen (secondary N) is 1. The minimum absolute atomic E-state index is 0.0861. The van der Waals surface area contributed by atoms with Crippen LogP contribution in [0.2, 0.25) is 0 Å². The first-order valence-corrected chi connectivity index (χ1v) is 6.19. The van der Waals surface area contributed by atoms with Crippen LogP contribution in [-0.4, -0.2) is 34.6 Å². The molecule has 19 heavy (non-hydrogen) atoms. The molecule has 0 radical (unpaired) electrons. The van der Waals surface area contributed by atoms with Crippen LogP contribution in [0.4, 0.5) is 5.69 Å². The van der Waals surface area contributed by atoms with E-state index in [1.165, 1.54) is 6.92 Å². The first kappa shape index (κ1) is 13.5. The van der Waals surface area contributed by atoms with Gasteiger partial charge in [-0.1, -0.05) is 12.1 Å². The molecule has 1 amide bonds. The molecular formula is C14H17N3O2. The topological polar surface area (TPSA) is 76.4 Å². The zero-order chi connectivity index (χ0) is 13.9. The summed E-state index contributed by atoms with van der Waals surface area (Å²) in [4.78, 5) is 13.0. The first-order chi connectivity index (χ1) is 9.00. The van der Waals surface area contributed by atoms with Crippen molar-refractivity contribution in [2.24, 2.45) is 0 Å². The van der Waals surface area contributed by atoms with E-state index in [2.05, 4.69) is 10.2 Å². The van der Waals surface area contributed by atoms with E-state index in [0.29, 0.717) is 13.1 Å². The van der Waals surface area contributed by atoms with Crippen molar-refractivity contribution in [3.63, 3.8) is 0 Å². The number of anilines is 1. The molecule has 1 fully saturated rings. The summed E-state index contributed by atoms with van der Waals surface area (Å²) < 4.78 is 0. The molecule has 1 aliphatic rings. The summed E-state index contributed by atoms with van der Waals surface area (Å²) in [5, 5.41) is 21.2. The normalized spacial score (nSPS) is 17.3. The zero-order valence-corrected chi connectivity index (χ0v) is 10.9. The van der Waals surface area contributed by atoms with Gasteiger partial charge >= 0.3 is 0 Å². The number of aliphatic hydroxyl groups is 1. The third kappa shape index (κ3) is 3.53. The van der Waals surface area contributed by atoms with Gasteiger partial charge in [-0.3, -0.25) is 9.69 Å². The fraction of sp³-hybridized carbons (Fsp3) is 0.429. The molecule has 100 valence electrons. The number of carbonyl (C=O) groups is 1. The van der Waals surface area contributed by atoms with Gasteiger partial charge in [0.25, 0.3) is 0 Å². The quantitative estimate of drug-likeness (QED) is 0.849. The number of likely N-dealkylation sites (tertiary alicyclic amines) is 1. The Hall–Kier alpha value is -1.90. The molecule has 0 saturated carbocycles. The molecule has 0 bridgehead atoms. The molecule has 1 heterocycles. The van der Waals surface area contributed by atoms with Gasteiger partial charge in [-0.2, -0.15) is 5.26 Å². The van der Waals surface area contributed by atoms with E-state index in [4.69, 9.17) is 5.26 Å². The third-order valence-electron chi connectivity index (χ3n) is 3.12. The second-order valence-corrected chi connectivity index (χ2v) is 5.08. The number of hydrogen-bond donors (Lipinski definition) is 2. The van der Waals surface area contributed by atoms with Crippen LogP contribution in [0.15, 0.2) is 24.3 Å². The van der Waals surface area contributed by atoms with Crippen LogP contribution in [0.5, 0.6) is 0 Å². The van der Waals surface area contributed by atoms with Crippen molar-refractivity contribution in [3.8, 4) is 6.07 Å². The van der Waals surface area contributed by atoms with Crippen LogP contribution in [0.3, 0.4) is 0 Å². The largest absolute Gasteiger partial charge is 0.386 e. The molecule has 1 aliphatic heterocycles. The predicted octanol–water partition coefficient (Wildman–Crippen LogP) is 1.11. The number of rotatable bonds is 4. The Morgan fingerprint density at radius 1 is 1.47 bits per heavy atom. The van der Waals surface area contributed by atoms with Gasteiger partial charge < -0.3 is 10.4 Å². The molecule has 2 N–H and O–H groups in total. The smallest absolute Gasteiger partial charge is 0.221 e. The predicted molar refractivity (Wildman–Crippen MR) is 71.2 cm³/mol. The van der Waals surface area contributed by atoms with E-state index in [0.717, 1.165) is 17.8 Å². The summed E-state index contributed by atoms with van der Waals surface area (Å²) in [6.07, 6.45) is 0.185. The number of nitriles is 1. The van der Waals surface area contributed by atoms with E-state index in [-0.39, 0.29) is 12.3 Å². The highest BCUT2D eigenvalue weighted by atomic mass is 16.3. The third-order valence-corrected chi connectivity index (χ3v) is 3.12. The van der Waals surface area contributed by atoms with Crippen LogP contribution in [0.1, 0.15) is 18.9 Å². The molecule has 5 nitrogen and oxygen atoms in total. The molecule has 0 aromatic heterocycles. The van der Waals surface area contributed by atoms with Crippen molar-refractivity contribution in [1.29, 1.82) is 5.26 Å². The van der Waals surface area contributed by atoms with Crippen molar-refractivity contribution in [1.82, 2.24) is 4.90 Å². The SMILES string of the molecule is CC(=O)Nc1ccc(CN2CC(O)(CC#N)C2)cc1. The second kappa shape index (κ2) is 5.39. The molecule has 0 atom stereocenters. The van der Waals surface area contributed by atoms with Gasteiger partial charge in [-0.15, -0.1) is 0 Å². The summed E-state index contributed by atoms with van der Waals surface area (Å²) in [6, 6.07) is 9.62. The number of hydrogen-bond acceptors (Lipinski definition) is 4. The van der Waals surface area contributed by atoms with Gasteiger partial charge in [-0.25, -0.2) is 0 Å². The maximum atomic E-state index is 10.9. The van der Waals surface area contributed by atoms with Gasteiger partial charge in [-0.05, 0) is 17.7 Å². The lowest BCUT2D eigenvalue weighted by atomic mass is 9.90. The molecule has 0 spiro atoms. The molecule has 0 unspecified atom stereocenters. The number of amides is 1. The van der Waals surface area contributed by atoms with Crippen LogP contribution >= 0.6 is 0 Å². The molecule has 0 aliphatic carbocycles. The van der Waals surface area contributed by atoms with E-state index < -0.39 is 5.60 Å². The second-order valence-electron chi connectivity index (χ2n) is 5.08. The van der Waals surface area contributed by atoms with E-state index >= 15 is 0 Å². The fourth-order valence-corrected chi connectivity index (χ4v) is 2.31. The van der Waals surface area contributed by atoms with Crippen LogP contribution in [0.25, 0.3) is 0 Å². The van der Waals surface area contributed by atoms with Crippen molar-refractivity contribution >= 4 is 11.6 Å². The number of carbonyl (C=O) groups excluding carboxylic acids is 1. The Morgan fingerprint density at radius 3 is 2.63 bits per heavy atom. The maximum absolute atomic E-state index is 10.9. The Morgan fingerprint density at radius 2 is 2.11 bits per heavy atom. The average molecular weight is 259 g/mol. The maximum Gasteiger partial charge on any atom is 0.221 e. The Labute approximate surface area is 112 Å². The van der Waals surface area contributed by atoms with Crippen molar-refractivity contribution < 1.29 is 9.90 Å². The van der Waals surface area contributed by atoms with Gasteiger partial charge in [0.15, 0.2) is 0 Å². The first-order valence-electron chi connectivity index (χ1n) is 6.19. The van der Waals surface area contributed by atoms with Gasteiger partial charge in [0.2, 0.25) is 5.91 Å². The van der Waals surface area contributed by atoms with E-state index in [1.54, 1.807) is 0 Å².